The first-order valence-electron chi connectivity index (χ1n) is 4.58. The summed E-state index contributed by atoms with van der Waals surface area (Å²) in [6.07, 6.45) is -0.624. The highest BCUT2D eigenvalue weighted by Gasteiger charge is 2.55. The molecule has 1 amide bonds. The Bertz CT molecular complexity index is 285. The Morgan fingerprint density at radius 2 is 2.29 bits per heavy atom. The molecule has 1 N–H and O–H groups in total. The van der Waals surface area contributed by atoms with E-state index in [1.54, 1.807) is 0 Å². The van der Waals surface area contributed by atoms with Crippen LogP contribution in [0.25, 0.3) is 0 Å². The topological polar surface area (TPSA) is 64.6 Å². The van der Waals surface area contributed by atoms with Crippen LogP contribution in [0.5, 0.6) is 0 Å². The van der Waals surface area contributed by atoms with E-state index in [-0.39, 0.29) is 17.4 Å². The van der Waals surface area contributed by atoms with Gasteiger partial charge < -0.3 is 14.8 Å². The van der Waals surface area contributed by atoms with Crippen LogP contribution in [0.3, 0.4) is 0 Å². The van der Waals surface area contributed by atoms with Crippen molar-refractivity contribution in [2.75, 3.05) is 13.2 Å². The summed E-state index contributed by atoms with van der Waals surface area (Å²) in [5.74, 6) is -0.628. The van der Waals surface area contributed by atoms with Crippen molar-refractivity contribution in [3.63, 3.8) is 0 Å². The fraction of sp³-hybridized carbons (Fsp3) is 0.778. The molecule has 2 fully saturated rings. The van der Waals surface area contributed by atoms with E-state index in [1.165, 1.54) is 6.92 Å². The lowest BCUT2D eigenvalue weighted by Gasteiger charge is -2.51. The molecule has 14 heavy (non-hydrogen) atoms. The van der Waals surface area contributed by atoms with Crippen molar-refractivity contribution in [3.05, 3.63) is 0 Å². The molecule has 2 rings (SSSR count). The number of rotatable bonds is 2. The molecule has 0 saturated carbocycles. The van der Waals surface area contributed by atoms with E-state index in [4.69, 9.17) is 9.47 Å². The van der Waals surface area contributed by atoms with Gasteiger partial charge in [-0.1, -0.05) is 6.92 Å². The molecule has 0 aromatic rings. The molecule has 5 heteroatoms. The van der Waals surface area contributed by atoms with E-state index in [0.717, 1.165) is 0 Å². The van der Waals surface area contributed by atoms with Gasteiger partial charge in [-0.05, 0) is 0 Å². The quantitative estimate of drug-likeness (QED) is 0.479. The number of nitrogens with one attached hydrogen (secondary N) is 1. The van der Waals surface area contributed by atoms with Crippen molar-refractivity contribution in [1.82, 2.24) is 5.32 Å². The second-order valence-corrected chi connectivity index (χ2v) is 4.16. The number of ether oxygens (including phenoxy) is 2. The minimum absolute atomic E-state index is 0.0754. The number of carbonyl (C=O) groups excluding carboxylic acids is 2. The number of β-lactam (4-membered cyclic amide) rings is 1. The minimum Gasteiger partial charge on any atom is -0.450 e. The van der Waals surface area contributed by atoms with E-state index >= 15 is 0 Å². The highest BCUT2D eigenvalue weighted by molar-refractivity contribution is 5.90. The lowest BCUT2D eigenvalue weighted by Crippen LogP contribution is -2.73. The Morgan fingerprint density at radius 1 is 1.64 bits per heavy atom. The van der Waals surface area contributed by atoms with Crippen LogP contribution in [0.4, 0.5) is 0 Å². The van der Waals surface area contributed by atoms with Crippen LogP contribution < -0.4 is 5.32 Å². The zero-order valence-electron chi connectivity index (χ0n) is 8.20. The summed E-state index contributed by atoms with van der Waals surface area (Å²) < 4.78 is 10.0. The molecule has 0 radical (unpaired) electrons. The van der Waals surface area contributed by atoms with Gasteiger partial charge in [0.25, 0.3) is 5.91 Å². The van der Waals surface area contributed by atoms with Crippen LogP contribution >= 0.6 is 0 Å². The molecule has 2 aliphatic rings. The number of hydrogen-bond donors (Lipinski definition) is 1. The fourth-order valence-electron chi connectivity index (χ4n) is 1.81. The predicted octanol–water partition coefficient (Wildman–Crippen LogP) is -0.547. The van der Waals surface area contributed by atoms with Crippen LogP contribution in [0, 0.1) is 5.41 Å². The number of hydrogen-bond acceptors (Lipinski definition) is 4. The van der Waals surface area contributed by atoms with Crippen molar-refractivity contribution < 1.29 is 19.1 Å². The van der Waals surface area contributed by atoms with Crippen molar-refractivity contribution >= 4 is 11.9 Å². The minimum atomic E-state index is -0.624. The summed E-state index contributed by atoms with van der Waals surface area (Å²) in [6, 6.07) is -0.0901. The standard InChI is InChI=1S/C9H13NO4/c1-5(11)14-6-7(10-8(6)12)9(2)3-13-4-9/h6-7H,3-4H2,1-2H3,(H,10,12)/t6-,7-/m1/s1. The average molecular weight is 199 g/mol. The second kappa shape index (κ2) is 2.95. The normalized spacial score (nSPS) is 33.7. The van der Waals surface area contributed by atoms with Crippen LogP contribution in [-0.2, 0) is 19.1 Å². The van der Waals surface area contributed by atoms with E-state index in [0.29, 0.717) is 13.2 Å². The monoisotopic (exact) mass is 199 g/mol. The van der Waals surface area contributed by atoms with Gasteiger partial charge in [0, 0.05) is 12.3 Å². The Kier molecular flexibility index (Phi) is 1.99. The molecule has 2 aliphatic heterocycles. The van der Waals surface area contributed by atoms with Crippen molar-refractivity contribution in [3.8, 4) is 0 Å². The Morgan fingerprint density at radius 3 is 2.64 bits per heavy atom. The molecule has 0 unspecified atom stereocenters. The van der Waals surface area contributed by atoms with Gasteiger partial charge in [0.2, 0.25) is 6.10 Å². The number of carbonyl (C=O) groups is 2. The van der Waals surface area contributed by atoms with Gasteiger partial charge in [0.05, 0.1) is 19.3 Å². The maximum Gasteiger partial charge on any atom is 0.303 e. The molecule has 0 bridgehead atoms. The number of amides is 1. The molecule has 0 aliphatic carbocycles. The molecular formula is C9H13NO4. The SMILES string of the molecule is CC(=O)O[C@H]1C(=O)N[C@H]1C1(C)COC1. The van der Waals surface area contributed by atoms with Crippen LogP contribution in [0.15, 0.2) is 0 Å². The molecule has 0 spiro atoms. The molecule has 5 nitrogen and oxygen atoms in total. The smallest absolute Gasteiger partial charge is 0.303 e. The summed E-state index contributed by atoms with van der Waals surface area (Å²) >= 11 is 0. The van der Waals surface area contributed by atoms with Crippen molar-refractivity contribution in [1.29, 1.82) is 0 Å². The van der Waals surface area contributed by atoms with E-state index < -0.39 is 12.1 Å². The largest absolute Gasteiger partial charge is 0.450 e. The van der Waals surface area contributed by atoms with Gasteiger partial charge in [-0.15, -0.1) is 0 Å². The van der Waals surface area contributed by atoms with Crippen LogP contribution in [0.1, 0.15) is 13.8 Å². The lowest BCUT2D eigenvalue weighted by atomic mass is 9.74. The summed E-state index contributed by atoms with van der Waals surface area (Å²) in [5.41, 5.74) is -0.0754. The predicted molar refractivity (Wildman–Crippen MR) is 46.4 cm³/mol. The first-order chi connectivity index (χ1) is 6.53. The zero-order chi connectivity index (χ0) is 10.3. The molecule has 2 atom stereocenters. The van der Waals surface area contributed by atoms with Gasteiger partial charge in [0.15, 0.2) is 0 Å². The molecular weight excluding hydrogens is 186 g/mol. The van der Waals surface area contributed by atoms with Crippen molar-refractivity contribution in [2.24, 2.45) is 5.41 Å². The maximum absolute atomic E-state index is 11.1. The highest BCUT2D eigenvalue weighted by atomic mass is 16.6. The first-order valence-corrected chi connectivity index (χ1v) is 4.58. The lowest BCUT2D eigenvalue weighted by molar-refractivity contribution is -0.190. The molecule has 0 aromatic heterocycles. The van der Waals surface area contributed by atoms with Crippen LogP contribution in [-0.4, -0.2) is 37.2 Å². The van der Waals surface area contributed by atoms with Gasteiger partial charge in [0.1, 0.15) is 0 Å². The highest BCUT2D eigenvalue weighted by Crippen LogP contribution is 2.36. The molecule has 0 aromatic carbocycles. The number of esters is 1. The zero-order valence-corrected chi connectivity index (χ0v) is 8.20. The van der Waals surface area contributed by atoms with E-state index in [1.807, 2.05) is 6.92 Å². The maximum atomic E-state index is 11.1. The second-order valence-electron chi connectivity index (χ2n) is 4.16. The van der Waals surface area contributed by atoms with Gasteiger partial charge in [-0.2, -0.15) is 0 Å². The first kappa shape index (κ1) is 9.45. The summed E-state index contributed by atoms with van der Waals surface area (Å²) in [6.45, 7) is 4.53. The van der Waals surface area contributed by atoms with Gasteiger partial charge in [-0.25, -0.2) is 0 Å². The summed E-state index contributed by atoms with van der Waals surface area (Å²) in [7, 11) is 0. The average Bonchev–Trinajstić information content (AvgIpc) is 2.06. The molecule has 2 heterocycles. The van der Waals surface area contributed by atoms with Gasteiger partial charge in [-0.3, -0.25) is 9.59 Å². The van der Waals surface area contributed by atoms with E-state index in [2.05, 4.69) is 5.32 Å². The van der Waals surface area contributed by atoms with Crippen LogP contribution in [0.2, 0.25) is 0 Å². The molecule has 78 valence electrons. The molecule has 2 saturated heterocycles. The Labute approximate surface area is 81.7 Å². The third-order valence-electron chi connectivity index (χ3n) is 2.77. The van der Waals surface area contributed by atoms with E-state index in [9.17, 15) is 9.59 Å². The van der Waals surface area contributed by atoms with Gasteiger partial charge >= 0.3 is 5.97 Å². The fourth-order valence-corrected chi connectivity index (χ4v) is 1.81. The Hall–Kier alpha value is -1.10. The Balaban J connectivity index is 2.00. The third kappa shape index (κ3) is 1.28. The third-order valence-corrected chi connectivity index (χ3v) is 2.77. The summed E-state index contributed by atoms with van der Waals surface area (Å²) in [5, 5.41) is 2.74. The summed E-state index contributed by atoms with van der Waals surface area (Å²) in [4.78, 5) is 21.9. The van der Waals surface area contributed by atoms with Crippen molar-refractivity contribution in [2.45, 2.75) is 26.0 Å².